The highest BCUT2D eigenvalue weighted by Gasteiger charge is 2.06. The molecular formula is C15H16N2O2. The third kappa shape index (κ3) is 3.31. The molecule has 0 atom stereocenters. The average molecular weight is 256 g/mol. The maximum atomic E-state index is 11.9. The molecular weight excluding hydrogens is 240 g/mol. The van der Waals surface area contributed by atoms with E-state index in [4.69, 9.17) is 0 Å². The van der Waals surface area contributed by atoms with Crippen LogP contribution in [0.15, 0.2) is 47.4 Å². The summed E-state index contributed by atoms with van der Waals surface area (Å²) < 4.78 is 1.39. The molecule has 2 rings (SSSR count). The minimum atomic E-state index is -0.184. The van der Waals surface area contributed by atoms with Crippen molar-refractivity contribution in [3.05, 3.63) is 69.6 Å². The Morgan fingerprint density at radius 2 is 1.84 bits per heavy atom. The lowest BCUT2D eigenvalue weighted by atomic mass is 10.1. The molecule has 4 nitrogen and oxygen atoms in total. The molecule has 0 unspecified atom stereocenters. The fourth-order valence-electron chi connectivity index (χ4n) is 1.72. The van der Waals surface area contributed by atoms with Crippen molar-refractivity contribution in [2.24, 2.45) is 7.05 Å². The third-order valence-electron chi connectivity index (χ3n) is 2.92. The predicted octanol–water partition coefficient (Wildman–Crippen LogP) is 1.62. The van der Waals surface area contributed by atoms with Crippen LogP contribution in [0, 0.1) is 6.92 Å². The molecule has 0 bridgehead atoms. The van der Waals surface area contributed by atoms with Crippen LogP contribution in [-0.4, -0.2) is 10.5 Å². The van der Waals surface area contributed by atoms with Crippen molar-refractivity contribution in [3.63, 3.8) is 0 Å². The zero-order valence-corrected chi connectivity index (χ0v) is 11.0. The number of hydrogen-bond donors (Lipinski definition) is 1. The van der Waals surface area contributed by atoms with E-state index in [0.717, 1.165) is 5.56 Å². The molecule has 0 aliphatic rings. The summed E-state index contributed by atoms with van der Waals surface area (Å²) in [6, 6.07) is 10.9. The summed E-state index contributed by atoms with van der Waals surface area (Å²) in [7, 11) is 1.62. The zero-order chi connectivity index (χ0) is 13.8. The number of nitrogens with zero attached hydrogens (tertiary/aromatic N) is 1. The van der Waals surface area contributed by atoms with E-state index >= 15 is 0 Å². The van der Waals surface area contributed by atoms with Crippen LogP contribution in [-0.2, 0) is 13.6 Å². The van der Waals surface area contributed by atoms with Gasteiger partial charge < -0.3 is 9.88 Å². The Balaban J connectivity index is 2.03. The predicted molar refractivity (Wildman–Crippen MR) is 74.0 cm³/mol. The van der Waals surface area contributed by atoms with E-state index in [-0.39, 0.29) is 11.5 Å². The monoisotopic (exact) mass is 256 g/mol. The van der Waals surface area contributed by atoms with Gasteiger partial charge in [0.05, 0.1) is 5.56 Å². The van der Waals surface area contributed by atoms with Gasteiger partial charge in [-0.05, 0) is 18.6 Å². The maximum absolute atomic E-state index is 11.9. The first-order chi connectivity index (χ1) is 9.06. The van der Waals surface area contributed by atoms with Gasteiger partial charge in [-0.3, -0.25) is 9.59 Å². The lowest BCUT2D eigenvalue weighted by molar-refractivity contribution is 0.0950. The summed E-state index contributed by atoms with van der Waals surface area (Å²) >= 11 is 0. The zero-order valence-electron chi connectivity index (χ0n) is 11.0. The minimum Gasteiger partial charge on any atom is -0.348 e. The van der Waals surface area contributed by atoms with Gasteiger partial charge in [-0.15, -0.1) is 0 Å². The number of pyridine rings is 1. The van der Waals surface area contributed by atoms with Crippen molar-refractivity contribution in [1.29, 1.82) is 0 Å². The maximum Gasteiger partial charge on any atom is 0.253 e. The first kappa shape index (κ1) is 13.1. The topological polar surface area (TPSA) is 51.1 Å². The van der Waals surface area contributed by atoms with Crippen LogP contribution in [0.1, 0.15) is 21.5 Å². The Morgan fingerprint density at radius 1 is 1.16 bits per heavy atom. The number of nitrogens with one attached hydrogen (secondary N) is 1. The van der Waals surface area contributed by atoms with Gasteiger partial charge in [0, 0.05) is 25.9 Å². The standard InChI is InChI=1S/C15H16N2O2/c1-11-3-5-12(6-4-11)9-16-15(19)13-7-8-14(18)17(2)10-13/h3-8,10H,9H2,1-2H3,(H,16,19). The Bertz CT molecular complexity index is 642. The van der Waals surface area contributed by atoms with E-state index in [1.54, 1.807) is 7.05 Å². The van der Waals surface area contributed by atoms with E-state index < -0.39 is 0 Å². The Labute approximate surface area is 111 Å². The highest BCUT2D eigenvalue weighted by molar-refractivity contribution is 5.93. The highest BCUT2D eigenvalue weighted by atomic mass is 16.1. The van der Waals surface area contributed by atoms with Gasteiger partial charge in [0.25, 0.3) is 5.91 Å². The van der Waals surface area contributed by atoms with E-state index in [9.17, 15) is 9.59 Å². The van der Waals surface area contributed by atoms with Crippen molar-refractivity contribution in [2.75, 3.05) is 0 Å². The van der Waals surface area contributed by atoms with E-state index in [2.05, 4.69) is 5.32 Å². The molecule has 1 heterocycles. The molecule has 0 spiro atoms. The first-order valence-corrected chi connectivity index (χ1v) is 6.07. The lowest BCUT2D eigenvalue weighted by Gasteiger charge is -2.06. The number of amides is 1. The quantitative estimate of drug-likeness (QED) is 0.907. The second-order valence-electron chi connectivity index (χ2n) is 4.54. The summed E-state index contributed by atoms with van der Waals surface area (Å²) in [6.07, 6.45) is 1.53. The summed E-state index contributed by atoms with van der Waals surface area (Å²) in [4.78, 5) is 23.2. The van der Waals surface area contributed by atoms with Crippen molar-refractivity contribution in [2.45, 2.75) is 13.5 Å². The summed E-state index contributed by atoms with van der Waals surface area (Å²) in [5.41, 5.74) is 2.58. The smallest absolute Gasteiger partial charge is 0.253 e. The molecule has 4 heteroatoms. The Kier molecular flexibility index (Phi) is 3.80. The number of benzene rings is 1. The van der Waals surface area contributed by atoms with Gasteiger partial charge >= 0.3 is 0 Å². The largest absolute Gasteiger partial charge is 0.348 e. The summed E-state index contributed by atoms with van der Waals surface area (Å²) in [5.74, 6) is -0.184. The molecule has 0 fully saturated rings. The van der Waals surface area contributed by atoms with Crippen molar-refractivity contribution < 1.29 is 4.79 Å². The highest BCUT2D eigenvalue weighted by Crippen LogP contribution is 2.03. The molecule has 0 radical (unpaired) electrons. The molecule has 1 aromatic carbocycles. The number of aryl methyl sites for hydroxylation is 2. The third-order valence-corrected chi connectivity index (χ3v) is 2.92. The number of carbonyl (C=O) groups excluding carboxylic acids is 1. The van der Waals surface area contributed by atoms with Crippen molar-refractivity contribution in [1.82, 2.24) is 9.88 Å². The molecule has 0 saturated carbocycles. The molecule has 0 aliphatic heterocycles. The van der Waals surface area contributed by atoms with Gasteiger partial charge in [0.2, 0.25) is 5.56 Å². The number of hydrogen-bond acceptors (Lipinski definition) is 2. The van der Waals surface area contributed by atoms with Gasteiger partial charge in [-0.2, -0.15) is 0 Å². The van der Waals surface area contributed by atoms with Gasteiger partial charge in [0.1, 0.15) is 0 Å². The van der Waals surface area contributed by atoms with Gasteiger partial charge in [-0.1, -0.05) is 29.8 Å². The Hall–Kier alpha value is -2.36. The molecule has 2 aromatic rings. The molecule has 1 aromatic heterocycles. The van der Waals surface area contributed by atoms with Crippen molar-refractivity contribution in [3.8, 4) is 0 Å². The van der Waals surface area contributed by atoms with E-state index in [1.807, 2.05) is 31.2 Å². The summed E-state index contributed by atoms with van der Waals surface area (Å²) in [5, 5.41) is 2.83. The normalized spacial score (nSPS) is 10.2. The van der Waals surface area contributed by atoms with Crippen LogP contribution in [0.4, 0.5) is 0 Å². The fourth-order valence-corrected chi connectivity index (χ4v) is 1.72. The van der Waals surface area contributed by atoms with Crippen molar-refractivity contribution >= 4 is 5.91 Å². The van der Waals surface area contributed by atoms with E-state index in [1.165, 1.54) is 28.5 Å². The van der Waals surface area contributed by atoms with Crippen LogP contribution < -0.4 is 10.9 Å². The second-order valence-corrected chi connectivity index (χ2v) is 4.54. The van der Waals surface area contributed by atoms with Crippen LogP contribution >= 0.6 is 0 Å². The average Bonchev–Trinajstić information content (AvgIpc) is 2.41. The number of carbonyl (C=O) groups is 1. The first-order valence-electron chi connectivity index (χ1n) is 6.07. The number of aromatic nitrogens is 1. The fraction of sp³-hybridized carbons (Fsp3) is 0.200. The van der Waals surface area contributed by atoms with Crippen LogP contribution in [0.25, 0.3) is 0 Å². The van der Waals surface area contributed by atoms with E-state index in [0.29, 0.717) is 12.1 Å². The Morgan fingerprint density at radius 3 is 2.47 bits per heavy atom. The second kappa shape index (κ2) is 5.52. The summed E-state index contributed by atoms with van der Waals surface area (Å²) in [6.45, 7) is 2.49. The van der Waals surface area contributed by atoms with Gasteiger partial charge in [-0.25, -0.2) is 0 Å². The molecule has 0 saturated heterocycles. The van der Waals surface area contributed by atoms with Crippen LogP contribution in [0.2, 0.25) is 0 Å². The SMILES string of the molecule is Cc1ccc(CNC(=O)c2ccc(=O)n(C)c2)cc1. The minimum absolute atomic E-state index is 0.130. The molecule has 19 heavy (non-hydrogen) atoms. The van der Waals surface area contributed by atoms with Crippen LogP contribution in [0.3, 0.4) is 0 Å². The lowest BCUT2D eigenvalue weighted by Crippen LogP contribution is -2.25. The van der Waals surface area contributed by atoms with Gasteiger partial charge in [0.15, 0.2) is 0 Å². The molecule has 1 N–H and O–H groups in total. The molecule has 98 valence electrons. The molecule has 0 aliphatic carbocycles. The number of rotatable bonds is 3. The molecule has 1 amide bonds. The van der Waals surface area contributed by atoms with Crippen LogP contribution in [0.5, 0.6) is 0 Å².